The van der Waals surface area contributed by atoms with E-state index in [1.807, 2.05) is 11.9 Å². The molecule has 1 aromatic carbocycles. The van der Waals surface area contributed by atoms with E-state index >= 15 is 0 Å². The Bertz CT molecular complexity index is 791. The van der Waals surface area contributed by atoms with E-state index in [2.05, 4.69) is 46.0 Å². The van der Waals surface area contributed by atoms with Crippen molar-refractivity contribution in [1.82, 2.24) is 19.7 Å². The maximum absolute atomic E-state index is 12.7. The zero-order valence-electron chi connectivity index (χ0n) is 16.2. The highest BCUT2D eigenvalue weighted by Gasteiger charge is 2.31. The lowest BCUT2D eigenvalue weighted by Crippen LogP contribution is -2.39. The van der Waals surface area contributed by atoms with Crippen molar-refractivity contribution in [3.63, 3.8) is 0 Å². The Balaban J connectivity index is 1.46. The molecule has 27 heavy (non-hydrogen) atoms. The smallest absolute Gasteiger partial charge is 0.233 e. The predicted molar refractivity (Wildman–Crippen MR) is 109 cm³/mol. The Morgan fingerprint density at radius 3 is 2.48 bits per heavy atom. The molecule has 1 aromatic heterocycles. The van der Waals surface area contributed by atoms with Crippen LogP contribution in [-0.2, 0) is 4.79 Å². The fraction of sp³-hybridized carbons (Fsp3) is 0.571. The van der Waals surface area contributed by atoms with E-state index in [1.54, 1.807) is 0 Å². The van der Waals surface area contributed by atoms with Gasteiger partial charge in [0.2, 0.25) is 5.91 Å². The average molecular weight is 385 g/mol. The Morgan fingerprint density at radius 1 is 1.11 bits per heavy atom. The van der Waals surface area contributed by atoms with Crippen molar-refractivity contribution in [2.45, 2.75) is 69.1 Å². The second kappa shape index (κ2) is 8.05. The van der Waals surface area contributed by atoms with Crippen LogP contribution in [0.2, 0.25) is 0 Å². The zero-order chi connectivity index (χ0) is 18.8. The van der Waals surface area contributed by atoms with Crippen LogP contribution in [-0.4, -0.2) is 44.4 Å². The fourth-order valence-corrected chi connectivity index (χ4v) is 4.77. The van der Waals surface area contributed by atoms with E-state index < -0.39 is 0 Å². The summed E-state index contributed by atoms with van der Waals surface area (Å²) in [4.78, 5) is 14.6. The van der Waals surface area contributed by atoms with E-state index in [-0.39, 0.29) is 5.91 Å². The summed E-state index contributed by atoms with van der Waals surface area (Å²) >= 11 is 1.53. The maximum Gasteiger partial charge on any atom is 0.233 e. The van der Waals surface area contributed by atoms with E-state index in [1.165, 1.54) is 49.4 Å². The van der Waals surface area contributed by atoms with Crippen molar-refractivity contribution in [2.24, 2.45) is 0 Å². The molecule has 0 radical (unpaired) electrons. The van der Waals surface area contributed by atoms with Gasteiger partial charge in [0.15, 0.2) is 11.0 Å². The minimum atomic E-state index is 0.203. The molecule has 2 saturated carbocycles. The first-order chi connectivity index (χ1) is 13.1. The van der Waals surface area contributed by atoms with Crippen LogP contribution < -0.4 is 0 Å². The molecule has 2 fully saturated rings. The molecule has 0 unspecified atom stereocenters. The third kappa shape index (κ3) is 4.21. The van der Waals surface area contributed by atoms with E-state index in [4.69, 9.17) is 0 Å². The lowest BCUT2D eigenvalue weighted by Gasteiger charge is -2.31. The van der Waals surface area contributed by atoms with Crippen molar-refractivity contribution in [3.05, 3.63) is 29.8 Å². The summed E-state index contributed by atoms with van der Waals surface area (Å²) in [6.45, 7) is 2.09. The van der Waals surface area contributed by atoms with Gasteiger partial charge in [-0.05, 0) is 32.6 Å². The lowest BCUT2D eigenvalue weighted by atomic mass is 9.94. The standard InChI is InChI=1S/C21H28N4OS/c1-15-8-10-16(11-9-15)20-22-23-21(25(20)18-12-13-18)27-14-19(26)24(2)17-6-4-3-5-7-17/h8-11,17-18H,3-7,12-14H2,1-2H3. The number of thioether (sulfide) groups is 1. The molecule has 6 heteroatoms. The molecule has 0 aliphatic heterocycles. The molecular weight excluding hydrogens is 356 g/mol. The number of rotatable bonds is 6. The van der Waals surface area contributed by atoms with Gasteiger partial charge in [-0.2, -0.15) is 0 Å². The van der Waals surface area contributed by atoms with Gasteiger partial charge in [0.25, 0.3) is 0 Å². The zero-order valence-corrected chi connectivity index (χ0v) is 17.0. The molecule has 5 nitrogen and oxygen atoms in total. The van der Waals surface area contributed by atoms with Crippen LogP contribution in [0.15, 0.2) is 29.4 Å². The molecule has 0 bridgehead atoms. The van der Waals surface area contributed by atoms with Crippen molar-refractivity contribution in [1.29, 1.82) is 0 Å². The maximum atomic E-state index is 12.7. The molecular formula is C21H28N4OS. The first kappa shape index (κ1) is 18.5. The van der Waals surface area contributed by atoms with Crippen LogP contribution >= 0.6 is 11.8 Å². The number of aryl methyl sites for hydroxylation is 1. The van der Waals surface area contributed by atoms with Gasteiger partial charge >= 0.3 is 0 Å². The fourth-order valence-electron chi connectivity index (χ4n) is 3.84. The number of aromatic nitrogens is 3. The van der Waals surface area contributed by atoms with Gasteiger partial charge in [0, 0.05) is 24.7 Å². The number of hydrogen-bond acceptors (Lipinski definition) is 4. The number of amides is 1. The first-order valence-corrected chi connectivity index (χ1v) is 11.0. The van der Waals surface area contributed by atoms with Crippen LogP contribution in [0.3, 0.4) is 0 Å². The van der Waals surface area contributed by atoms with Crippen LogP contribution in [0.4, 0.5) is 0 Å². The van der Waals surface area contributed by atoms with Gasteiger partial charge in [-0.1, -0.05) is 60.9 Å². The van der Waals surface area contributed by atoms with Gasteiger partial charge in [-0.3, -0.25) is 9.36 Å². The van der Waals surface area contributed by atoms with Gasteiger partial charge < -0.3 is 4.90 Å². The second-order valence-corrected chi connectivity index (χ2v) is 8.80. The number of benzene rings is 1. The van der Waals surface area contributed by atoms with Crippen LogP contribution in [0.5, 0.6) is 0 Å². The molecule has 144 valence electrons. The minimum Gasteiger partial charge on any atom is -0.342 e. The topological polar surface area (TPSA) is 51.0 Å². The Morgan fingerprint density at radius 2 is 1.81 bits per heavy atom. The summed E-state index contributed by atoms with van der Waals surface area (Å²) in [5.41, 5.74) is 2.33. The number of nitrogens with zero attached hydrogens (tertiary/aromatic N) is 4. The molecule has 0 N–H and O–H groups in total. The highest BCUT2D eigenvalue weighted by molar-refractivity contribution is 7.99. The molecule has 4 rings (SSSR count). The summed E-state index contributed by atoms with van der Waals surface area (Å²) in [5.74, 6) is 1.56. The van der Waals surface area contributed by atoms with Crippen LogP contribution in [0.25, 0.3) is 11.4 Å². The molecule has 0 spiro atoms. The van der Waals surface area contributed by atoms with E-state index in [0.29, 0.717) is 17.8 Å². The molecule has 1 amide bonds. The third-order valence-electron chi connectivity index (χ3n) is 5.73. The predicted octanol–water partition coefficient (Wildman–Crippen LogP) is 4.47. The van der Waals surface area contributed by atoms with E-state index in [0.717, 1.165) is 29.4 Å². The molecule has 0 saturated heterocycles. The van der Waals surface area contributed by atoms with Crippen molar-refractivity contribution in [3.8, 4) is 11.4 Å². The summed E-state index contributed by atoms with van der Waals surface area (Å²) in [5, 5.41) is 9.76. The Hall–Kier alpha value is -1.82. The van der Waals surface area contributed by atoms with Gasteiger partial charge in [0.1, 0.15) is 0 Å². The molecule has 2 aliphatic carbocycles. The molecule has 2 aromatic rings. The largest absolute Gasteiger partial charge is 0.342 e. The Labute approximate surface area is 165 Å². The second-order valence-electron chi connectivity index (χ2n) is 7.86. The number of carbonyl (C=O) groups is 1. The third-order valence-corrected chi connectivity index (χ3v) is 6.65. The average Bonchev–Trinajstić information content (AvgIpc) is 3.46. The van der Waals surface area contributed by atoms with Gasteiger partial charge in [-0.15, -0.1) is 10.2 Å². The number of carbonyl (C=O) groups excluding carboxylic acids is 1. The summed E-state index contributed by atoms with van der Waals surface area (Å²) < 4.78 is 2.24. The van der Waals surface area contributed by atoms with Gasteiger partial charge in [0.05, 0.1) is 5.75 Å². The molecule has 2 aliphatic rings. The monoisotopic (exact) mass is 384 g/mol. The highest BCUT2D eigenvalue weighted by Crippen LogP contribution is 2.41. The molecule has 0 atom stereocenters. The van der Waals surface area contributed by atoms with E-state index in [9.17, 15) is 4.79 Å². The first-order valence-electron chi connectivity index (χ1n) is 10.0. The molecule has 1 heterocycles. The lowest BCUT2D eigenvalue weighted by molar-refractivity contribution is -0.129. The van der Waals surface area contributed by atoms with Crippen LogP contribution in [0, 0.1) is 6.92 Å². The van der Waals surface area contributed by atoms with Gasteiger partial charge in [-0.25, -0.2) is 0 Å². The summed E-state index contributed by atoms with van der Waals surface area (Å²) in [7, 11) is 1.96. The van der Waals surface area contributed by atoms with Crippen molar-refractivity contribution >= 4 is 17.7 Å². The minimum absolute atomic E-state index is 0.203. The SMILES string of the molecule is Cc1ccc(-c2nnc(SCC(=O)N(C)C3CCCCC3)n2C2CC2)cc1. The Kier molecular flexibility index (Phi) is 5.53. The van der Waals surface area contributed by atoms with Crippen molar-refractivity contribution < 1.29 is 4.79 Å². The highest BCUT2D eigenvalue weighted by atomic mass is 32.2. The summed E-state index contributed by atoms with van der Waals surface area (Å²) in [6, 6.07) is 9.32. The van der Waals surface area contributed by atoms with Crippen LogP contribution in [0.1, 0.15) is 56.6 Å². The quantitative estimate of drug-likeness (QED) is 0.690. The number of hydrogen-bond donors (Lipinski definition) is 0. The van der Waals surface area contributed by atoms with Crippen molar-refractivity contribution in [2.75, 3.05) is 12.8 Å². The summed E-state index contributed by atoms with van der Waals surface area (Å²) in [6.07, 6.45) is 8.41. The normalized spacial score (nSPS) is 17.9.